The predicted molar refractivity (Wildman–Crippen MR) is 492 cm³/mol. The lowest BCUT2D eigenvalue weighted by molar-refractivity contribution is 0.101. The van der Waals surface area contributed by atoms with E-state index in [1.165, 1.54) is 179 Å². The normalized spacial score (nSPS) is 28.7. The third kappa shape index (κ3) is 18.7. The van der Waals surface area contributed by atoms with Crippen LogP contribution in [0.3, 0.4) is 0 Å². The molecule has 48 heteroatoms. The first-order valence-electron chi connectivity index (χ1n) is 42.2. The Labute approximate surface area is 781 Å². The third-order valence-electron chi connectivity index (χ3n) is 27.2. The molecule has 0 aliphatic carbocycles. The average Bonchev–Trinajstić information content (AvgIpc) is 1.51. The van der Waals surface area contributed by atoms with E-state index in [9.17, 15) is 52.8 Å². The molecule has 4 amide bonds. The van der Waals surface area contributed by atoms with E-state index in [4.69, 9.17) is 60.8 Å². The molecule has 12 heterocycles. The van der Waals surface area contributed by atoms with E-state index in [-0.39, 0.29) is 168 Å². The van der Waals surface area contributed by atoms with Crippen molar-refractivity contribution in [2.24, 2.45) is 66.6 Å². The Hall–Kier alpha value is -12.5. The Kier molecular flexibility index (Phi) is 27.9. The molecule has 0 radical (unpaired) electrons. The number of hydrogen-bond donors (Lipinski definition) is 8. The summed E-state index contributed by atoms with van der Waals surface area (Å²) in [6.45, 7) is 13.4. The molecule has 8 aromatic rings. The van der Waals surface area contributed by atoms with Gasteiger partial charge in [0, 0.05) is 93.7 Å². The summed E-state index contributed by atoms with van der Waals surface area (Å²) in [5, 5.41) is 10.7. The van der Waals surface area contributed by atoms with Crippen molar-refractivity contribution in [3.8, 4) is 23.5 Å². The van der Waals surface area contributed by atoms with Gasteiger partial charge in [-0.25, -0.2) is 91.1 Å². The molecule has 8 aliphatic heterocycles. The number of rotatable bonds is 20. The van der Waals surface area contributed by atoms with Gasteiger partial charge in [-0.05, 0) is 154 Å². The SMILES string of the molecule is COc1cnc(C(=O)Nc2ccc(F)c([C@@]34CO[C@@H](C)[C@@H]3C[C@@](C)(S(C)(=O)=O)C(N)=N4)c2)cn1.COc1cnc(C(=O)Nc2ccc(F)c([C@@]34CO[C@@H](C)[C@@H]3C[C@](C)(S(C)(=O)=O)C(N)=N4)c2)cn1.COc1cnc(C(=O)Nc2ccc(F)c([C@]34CO[C@H](C)[C@H]3C[C@@](C)(S(C)(=O)=O)C(N)=N4)c2)cn1.COc1cnc(C(=O)Nc2ccc(F)c([C@]34CO[C@H](C)[C@H]3C[C@](C)(S(C)(=O)=O)C(N)=N4)c2)cn1. The van der Waals surface area contributed by atoms with Crippen LogP contribution in [0.2, 0.25) is 0 Å². The van der Waals surface area contributed by atoms with Crippen LogP contribution in [0.15, 0.2) is 142 Å². The van der Waals surface area contributed by atoms with Gasteiger partial charge in [-0.15, -0.1) is 0 Å². The van der Waals surface area contributed by atoms with E-state index in [2.05, 4.69) is 81.1 Å². The number of ether oxygens (including phenoxy) is 8. The lowest BCUT2D eigenvalue weighted by Gasteiger charge is -2.43. The summed E-state index contributed by atoms with van der Waals surface area (Å²) in [4.78, 5) is 101. The van der Waals surface area contributed by atoms with Crippen LogP contribution in [-0.4, -0.2) is 244 Å². The van der Waals surface area contributed by atoms with Gasteiger partial charge in [0.1, 0.15) is 111 Å². The number of fused-ring (bicyclic) bond motifs is 4. The molecular formula is C88H104F4N20O20S4. The van der Waals surface area contributed by atoms with E-state index < -0.39 is 151 Å². The largest absolute Gasteiger partial charge is 0.480 e. The summed E-state index contributed by atoms with van der Waals surface area (Å²) in [7, 11) is -8.66. The Morgan fingerprint density at radius 2 is 0.515 bits per heavy atom. The number of hydrogen-bond acceptors (Lipinski definition) is 36. The number of anilines is 4. The Morgan fingerprint density at radius 1 is 0.331 bits per heavy atom. The van der Waals surface area contributed by atoms with Crippen molar-refractivity contribution in [3.63, 3.8) is 0 Å². The summed E-state index contributed by atoms with van der Waals surface area (Å²) >= 11 is 0. The molecule has 12 N–H and O–H groups in total. The summed E-state index contributed by atoms with van der Waals surface area (Å²) in [6, 6.07) is 16.4. The van der Waals surface area contributed by atoms with Crippen molar-refractivity contribution in [2.45, 2.75) is 147 Å². The second kappa shape index (κ2) is 37.5. The van der Waals surface area contributed by atoms with Crippen LogP contribution in [0, 0.1) is 46.9 Å². The molecule has 8 aliphatic rings. The number of aromatic nitrogens is 8. The average molecular weight is 1970 g/mol. The van der Waals surface area contributed by atoms with Crippen molar-refractivity contribution in [3.05, 3.63) is 191 Å². The van der Waals surface area contributed by atoms with Crippen LogP contribution in [0.4, 0.5) is 40.3 Å². The maximum absolute atomic E-state index is 15.2. The van der Waals surface area contributed by atoms with Crippen molar-refractivity contribution in [1.82, 2.24) is 39.9 Å². The van der Waals surface area contributed by atoms with Crippen LogP contribution in [-0.2, 0) is 80.5 Å². The van der Waals surface area contributed by atoms with E-state index in [0.29, 0.717) is 22.7 Å². The van der Waals surface area contributed by atoms with E-state index in [1.807, 2.05) is 0 Å². The summed E-state index contributed by atoms with van der Waals surface area (Å²) < 4.78 is 198. The summed E-state index contributed by atoms with van der Waals surface area (Å²) in [6.07, 6.45) is 13.7. The fraction of sp³-hybridized carbons (Fsp3) is 0.455. The number of nitrogens with one attached hydrogen (secondary N) is 4. The van der Waals surface area contributed by atoms with Gasteiger partial charge < -0.3 is 82.1 Å². The van der Waals surface area contributed by atoms with Crippen LogP contribution in [0.25, 0.3) is 0 Å². The molecule has 4 saturated heterocycles. The number of sulfone groups is 4. The second-order valence-electron chi connectivity index (χ2n) is 35.4. The molecule has 0 spiro atoms. The van der Waals surface area contributed by atoms with Crippen molar-refractivity contribution < 1.29 is 108 Å². The Bertz CT molecular complexity index is 5860. The number of nitrogens with zero attached hydrogens (tertiary/aromatic N) is 12. The lowest BCUT2D eigenvalue weighted by Crippen LogP contribution is -2.57. The number of amidine groups is 4. The highest BCUT2D eigenvalue weighted by molar-refractivity contribution is 7.93. The third-order valence-corrected chi connectivity index (χ3v) is 35.2. The number of carbonyl (C=O) groups is 4. The Balaban J connectivity index is 0.000000153. The molecule has 4 aromatic carbocycles. The number of carbonyl (C=O) groups excluding carboxylic acids is 4. The molecule has 0 saturated carbocycles. The first-order valence-corrected chi connectivity index (χ1v) is 49.8. The number of amides is 4. The minimum atomic E-state index is -3.60. The standard InChI is InChI=1S/4C22H26FN5O5S/c4*1-12-15-8-21(2,34(4,30)31)20(24)28-22(15,11-33-12)14-7-13(5-6-16(14)23)27-19(29)17-9-26-18(32-3)10-25-17/h4*5-7,9-10,12,15H,8,11H2,1-4H3,(H2,24,28)(H,27,29)/t2*12-,15-,21+,22-;2*12-,15-,21-,22-/m1010/s1. The number of nitrogens with two attached hydrogens (primary N) is 4. The first-order chi connectivity index (χ1) is 63.6. The zero-order valence-electron chi connectivity index (χ0n) is 76.8. The molecule has 0 unspecified atom stereocenters. The monoisotopic (exact) mass is 1960 g/mol. The van der Waals surface area contributed by atoms with Gasteiger partial charge in [0.15, 0.2) is 39.3 Å². The topological polar surface area (TPSA) is 583 Å². The van der Waals surface area contributed by atoms with E-state index >= 15 is 17.6 Å². The predicted octanol–water partition coefficient (Wildman–Crippen LogP) is 6.68. The minimum absolute atomic E-state index is 0.0254. The van der Waals surface area contributed by atoms with Gasteiger partial charge >= 0.3 is 0 Å². The van der Waals surface area contributed by atoms with Gasteiger partial charge in [-0.1, -0.05) is 0 Å². The highest BCUT2D eigenvalue weighted by Gasteiger charge is 2.64. The molecule has 40 nitrogen and oxygen atoms in total. The number of methoxy groups -OCH3 is 4. The van der Waals surface area contributed by atoms with Gasteiger partial charge in [0.2, 0.25) is 23.5 Å². The van der Waals surface area contributed by atoms with Crippen molar-refractivity contribution >= 4 is 109 Å². The van der Waals surface area contributed by atoms with Gasteiger partial charge in [0.05, 0.1) is 129 Å². The van der Waals surface area contributed by atoms with Crippen molar-refractivity contribution in [2.75, 3.05) is 101 Å². The first kappa shape index (κ1) is 101. The maximum atomic E-state index is 15.2. The lowest BCUT2D eigenvalue weighted by atomic mass is 9.71. The zero-order chi connectivity index (χ0) is 99.6. The fourth-order valence-electron chi connectivity index (χ4n) is 18.1. The number of benzene rings is 4. The molecular weight excluding hydrogens is 1860 g/mol. The van der Waals surface area contributed by atoms with Gasteiger partial charge in [-0.3, -0.25) is 39.1 Å². The summed E-state index contributed by atoms with van der Waals surface area (Å²) in [5.41, 5.74) is 21.9. The molecule has 0 bridgehead atoms. The highest BCUT2D eigenvalue weighted by atomic mass is 32.2. The maximum Gasteiger partial charge on any atom is 0.275 e. The smallest absolute Gasteiger partial charge is 0.275 e. The Morgan fingerprint density at radius 3 is 0.669 bits per heavy atom. The van der Waals surface area contributed by atoms with Crippen LogP contribution < -0.4 is 63.1 Å². The number of aliphatic imine (C=N–C) groups is 4. The molecule has 4 aromatic heterocycles. The number of halogens is 4. The highest BCUT2D eigenvalue weighted by Crippen LogP contribution is 2.57. The molecule has 136 heavy (non-hydrogen) atoms. The van der Waals surface area contributed by atoms with Crippen molar-refractivity contribution in [1.29, 1.82) is 0 Å². The van der Waals surface area contributed by atoms with E-state index in [1.54, 1.807) is 27.7 Å². The van der Waals surface area contributed by atoms with Gasteiger partial charge in [0.25, 0.3) is 23.6 Å². The van der Waals surface area contributed by atoms with Crippen LogP contribution in [0.5, 0.6) is 23.5 Å². The molecule has 16 rings (SSSR count). The minimum Gasteiger partial charge on any atom is -0.480 e. The van der Waals surface area contributed by atoms with Crippen LogP contribution in [0.1, 0.15) is 145 Å². The quantitative estimate of drug-likeness (QED) is 0.0369. The molecule has 728 valence electrons. The fourth-order valence-corrected chi connectivity index (χ4v) is 21.7. The summed E-state index contributed by atoms with van der Waals surface area (Å²) in [5.74, 6) is -5.58. The van der Waals surface area contributed by atoms with E-state index in [0.717, 1.165) is 25.0 Å². The van der Waals surface area contributed by atoms with Crippen LogP contribution >= 0.6 is 0 Å². The van der Waals surface area contributed by atoms with Gasteiger partial charge in [-0.2, -0.15) is 0 Å². The zero-order valence-corrected chi connectivity index (χ0v) is 80.1. The second-order valence-corrected chi connectivity index (χ2v) is 45.2. The molecule has 4 fully saturated rings. The molecule has 16 atom stereocenters.